The summed E-state index contributed by atoms with van der Waals surface area (Å²) in [7, 11) is 0. The number of anilines is 1. The van der Waals surface area contributed by atoms with Gasteiger partial charge in [-0.25, -0.2) is 9.18 Å². The Labute approximate surface area is 130 Å². The molecule has 0 aromatic heterocycles. The van der Waals surface area contributed by atoms with Crippen molar-refractivity contribution in [1.29, 1.82) is 0 Å². The molecule has 1 saturated carbocycles. The van der Waals surface area contributed by atoms with Gasteiger partial charge < -0.3 is 10.1 Å². The van der Waals surface area contributed by atoms with Gasteiger partial charge in [-0.15, -0.1) is 0 Å². The van der Waals surface area contributed by atoms with Crippen LogP contribution in [0.4, 0.5) is 14.9 Å². The van der Waals surface area contributed by atoms with Crippen molar-refractivity contribution in [1.82, 2.24) is 4.90 Å². The van der Waals surface area contributed by atoms with Crippen LogP contribution >= 0.6 is 0 Å². The summed E-state index contributed by atoms with van der Waals surface area (Å²) < 4.78 is 19.1. The molecule has 1 aliphatic heterocycles. The second-order valence-corrected chi connectivity index (χ2v) is 6.34. The highest BCUT2D eigenvalue weighted by Gasteiger charge is 2.47. The largest absolute Gasteiger partial charge is 0.351 e. The number of carbonyl (C=O) groups is 1. The molecule has 2 aliphatic rings. The zero-order chi connectivity index (χ0) is 15.6. The summed E-state index contributed by atoms with van der Waals surface area (Å²) in [6.07, 6.45) is 6.43. The molecule has 1 aliphatic carbocycles. The lowest BCUT2D eigenvalue weighted by Crippen LogP contribution is -2.49. The molecule has 22 heavy (non-hydrogen) atoms. The van der Waals surface area contributed by atoms with Crippen molar-refractivity contribution in [3.05, 3.63) is 30.1 Å². The fraction of sp³-hybridized carbons (Fsp3) is 0.588. The molecule has 3 rings (SSSR count). The molecule has 0 bridgehead atoms. The first kappa shape index (κ1) is 15.3. The van der Waals surface area contributed by atoms with Crippen LogP contribution in [0.25, 0.3) is 0 Å². The molecule has 5 heteroatoms. The third-order valence-corrected chi connectivity index (χ3v) is 4.58. The third-order valence-electron chi connectivity index (χ3n) is 4.58. The zero-order valence-electron chi connectivity index (χ0n) is 13.0. The van der Waals surface area contributed by atoms with Crippen molar-refractivity contribution >= 4 is 11.7 Å². The van der Waals surface area contributed by atoms with E-state index in [1.165, 1.54) is 25.0 Å². The van der Waals surface area contributed by atoms with Crippen LogP contribution in [-0.2, 0) is 4.74 Å². The van der Waals surface area contributed by atoms with E-state index in [2.05, 4.69) is 5.32 Å². The number of nitrogens with zero attached hydrogens (tertiary/aromatic N) is 1. The van der Waals surface area contributed by atoms with E-state index in [1.54, 1.807) is 12.1 Å². The molecule has 1 spiro atoms. The average Bonchev–Trinajstić information content (AvgIpc) is 2.66. The van der Waals surface area contributed by atoms with Crippen LogP contribution in [0.5, 0.6) is 0 Å². The number of halogens is 1. The van der Waals surface area contributed by atoms with Crippen molar-refractivity contribution in [2.24, 2.45) is 0 Å². The minimum Gasteiger partial charge on any atom is -0.351 e. The Kier molecular flexibility index (Phi) is 4.34. The smallest absolute Gasteiger partial charge is 0.324 e. The second kappa shape index (κ2) is 6.24. The Morgan fingerprint density at radius 3 is 2.50 bits per heavy atom. The van der Waals surface area contributed by atoms with E-state index in [1.807, 2.05) is 11.8 Å². The number of nitrogens with one attached hydrogen (secondary N) is 1. The number of carbonyl (C=O) groups excluding carboxylic acids is 1. The van der Waals surface area contributed by atoms with E-state index in [0.717, 1.165) is 25.7 Å². The number of urea groups is 1. The second-order valence-electron chi connectivity index (χ2n) is 6.34. The summed E-state index contributed by atoms with van der Waals surface area (Å²) in [4.78, 5) is 14.5. The van der Waals surface area contributed by atoms with Gasteiger partial charge in [-0.3, -0.25) is 4.90 Å². The van der Waals surface area contributed by atoms with E-state index in [-0.39, 0.29) is 18.0 Å². The van der Waals surface area contributed by atoms with Crippen molar-refractivity contribution in [2.75, 3.05) is 11.9 Å². The molecule has 1 aromatic rings. The summed E-state index contributed by atoms with van der Waals surface area (Å²) >= 11 is 0. The summed E-state index contributed by atoms with van der Waals surface area (Å²) in [6.45, 7) is 2.62. The number of ether oxygens (including phenoxy) is 1. The van der Waals surface area contributed by atoms with Gasteiger partial charge in [0.25, 0.3) is 0 Å². The maximum atomic E-state index is 13.0. The maximum absolute atomic E-state index is 13.0. The summed E-state index contributed by atoms with van der Waals surface area (Å²) in [6, 6.07) is 5.69. The highest BCUT2D eigenvalue weighted by atomic mass is 19.1. The fourth-order valence-electron chi connectivity index (χ4n) is 3.56. The van der Waals surface area contributed by atoms with E-state index in [4.69, 9.17) is 4.74 Å². The molecule has 1 atom stereocenters. The van der Waals surface area contributed by atoms with Gasteiger partial charge in [0.15, 0.2) is 0 Å². The number of hydrogen-bond acceptors (Lipinski definition) is 2. The number of hydrogen-bond donors (Lipinski definition) is 1. The van der Waals surface area contributed by atoms with Crippen LogP contribution in [0.15, 0.2) is 24.3 Å². The number of amides is 2. The standard InChI is InChI=1S/C17H23FN2O2/c1-13-12-20(17(22-13)10-4-2-3-5-11-17)16(21)19-15-8-6-14(18)7-9-15/h6-9,13H,2-5,10-12H2,1H3,(H,19,21)/t13-/m1/s1. The van der Waals surface area contributed by atoms with Gasteiger partial charge >= 0.3 is 6.03 Å². The molecule has 2 fully saturated rings. The highest BCUT2D eigenvalue weighted by Crippen LogP contribution is 2.39. The first-order valence-corrected chi connectivity index (χ1v) is 8.11. The Morgan fingerprint density at radius 1 is 1.23 bits per heavy atom. The molecule has 4 nitrogen and oxygen atoms in total. The monoisotopic (exact) mass is 306 g/mol. The lowest BCUT2D eigenvalue weighted by atomic mass is 10.0. The van der Waals surface area contributed by atoms with Gasteiger partial charge in [0, 0.05) is 5.69 Å². The molecule has 1 saturated heterocycles. The predicted molar refractivity (Wildman–Crippen MR) is 83.1 cm³/mol. The normalized spacial score (nSPS) is 24.3. The number of rotatable bonds is 1. The molecule has 1 heterocycles. The summed E-state index contributed by atoms with van der Waals surface area (Å²) in [5.74, 6) is -0.309. The van der Waals surface area contributed by atoms with Crippen LogP contribution < -0.4 is 5.32 Å². The van der Waals surface area contributed by atoms with Crippen molar-refractivity contribution in [3.8, 4) is 0 Å². The predicted octanol–water partition coefficient (Wildman–Crippen LogP) is 4.13. The van der Waals surface area contributed by atoms with Gasteiger partial charge in [0.1, 0.15) is 11.5 Å². The Balaban J connectivity index is 1.75. The van der Waals surface area contributed by atoms with Gasteiger partial charge in [0.2, 0.25) is 0 Å². The van der Waals surface area contributed by atoms with E-state index >= 15 is 0 Å². The Bertz CT molecular complexity index is 524. The Morgan fingerprint density at radius 2 is 1.86 bits per heavy atom. The van der Waals surface area contributed by atoms with Gasteiger partial charge in [-0.05, 0) is 56.9 Å². The average molecular weight is 306 g/mol. The lowest BCUT2D eigenvalue weighted by molar-refractivity contribution is -0.0932. The molecular formula is C17H23FN2O2. The van der Waals surface area contributed by atoms with E-state index in [9.17, 15) is 9.18 Å². The van der Waals surface area contributed by atoms with Gasteiger partial charge in [-0.1, -0.05) is 12.8 Å². The molecular weight excluding hydrogens is 283 g/mol. The molecule has 0 radical (unpaired) electrons. The fourth-order valence-corrected chi connectivity index (χ4v) is 3.56. The van der Waals surface area contributed by atoms with Gasteiger partial charge in [-0.2, -0.15) is 0 Å². The maximum Gasteiger partial charge on any atom is 0.324 e. The summed E-state index contributed by atoms with van der Waals surface area (Å²) in [5.41, 5.74) is 0.148. The van der Waals surface area contributed by atoms with Crippen LogP contribution in [0.1, 0.15) is 45.4 Å². The first-order chi connectivity index (χ1) is 10.6. The molecule has 1 N–H and O–H groups in total. The van der Waals surface area contributed by atoms with E-state index < -0.39 is 5.72 Å². The van der Waals surface area contributed by atoms with Gasteiger partial charge in [0.05, 0.1) is 12.6 Å². The molecule has 120 valence electrons. The molecule has 1 aromatic carbocycles. The van der Waals surface area contributed by atoms with Crippen LogP contribution in [-0.4, -0.2) is 29.3 Å². The minimum atomic E-state index is -0.458. The minimum absolute atomic E-state index is 0.0528. The van der Waals surface area contributed by atoms with E-state index in [0.29, 0.717) is 12.2 Å². The molecule has 2 amide bonds. The van der Waals surface area contributed by atoms with Crippen molar-refractivity contribution in [2.45, 2.75) is 57.3 Å². The number of benzene rings is 1. The SMILES string of the molecule is C[C@@H]1CN(C(=O)Nc2ccc(F)cc2)C2(CCCCCC2)O1. The zero-order valence-corrected chi connectivity index (χ0v) is 13.0. The first-order valence-electron chi connectivity index (χ1n) is 8.11. The topological polar surface area (TPSA) is 41.6 Å². The lowest BCUT2D eigenvalue weighted by Gasteiger charge is -2.36. The van der Waals surface area contributed by atoms with Crippen LogP contribution in [0.2, 0.25) is 0 Å². The van der Waals surface area contributed by atoms with Crippen molar-refractivity contribution < 1.29 is 13.9 Å². The van der Waals surface area contributed by atoms with Crippen molar-refractivity contribution in [3.63, 3.8) is 0 Å². The van der Waals surface area contributed by atoms with Crippen LogP contribution in [0.3, 0.4) is 0 Å². The highest BCUT2D eigenvalue weighted by molar-refractivity contribution is 5.89. The Hall–Kier alpha value is -1.62. The quantitative estimate of drug-likeness (QED) is 0.847. The molecule has 0 unspecified atom stereocenters. The van der Waals surface area contributed by atoms with Crippen LogP contribution in [0, 0.1) is 5.82 Å². The summed E-state index contributed by atoms with van der Waals surface area (Å²) in [5, 5.41) is 2.86. The third kappa shape index (κ3) is 3.09.